The van der Waals surface area contributed by atoms with Gasteiger partial charge in [0.15, 0.2) is 0 Å². The average Bonchev–Trinajstić information content (AvgIpc) is 2.62. The Kier molecular flexibility index (Phi) is 5.83. The van der Waals surface area contributed by atoms with Crippen molar-refractivity contribution in [3.05, 3.63) is 69.7 Å². The van der Waals surface area contributed by atoms with Gasteiger partial charge in [-0.2, -0.15) is 0 Å². The highest BCUT2D eigenvalue weighted by Gasteiger charge is 2.42. The molecular formula is C21H23Cl2NO. The first-order valence-corrected chi connectivity index (χ1v) is 9.61. The van der Waals surface area contributed by atoms with Crippen LogP contribution in [0.5, 0.6) is 0 Å². The monoisotopic (exact) mass is 375 g/mol. The molecule has 0 aromatic heterocycles. The molecule has 2 aromatic carbocycles. The fourth-order valence-corrected chi connectivity index (χ4v) is 4.15. The summed E-state index contributed by atoms with van der Waals surface area (Å²) in [5.74, 6) is 0.313. The number of ketones is 1. The van der Waals surface area contributed by atoms with Gasteiger partial charge in [0.1, 0.15) is 5.78 Å². The van der Waals surface area contributed by atoms with Gasteiger partial charge in [0.25, 0.3) is 0 Å². The summed E-state index contributed by atoms with van der Waals surface area (Å²) in [4.78, 5) is 13.2. The molecule has 0 radical (unpaired) electrons. The number of hydrogen-bond acceptors (Lipinski definition) is 2. The number of halogens is 2. The predicted octanol–water partition coefficient (Wildman–Crippen LogP) is 6.00. The molecule has 0 saturated carbocycles. The minimum Gasteiger partial charge on any atom is -0.302 e. The number of hydrogen-bond donors (Lipinski definition) is 1. The second-order valence-corrected chi connectivity index (χ2v) is 7.53. The maximum Gasteiger partial charge on any atom is 0.142 e. The second-order valence-electron chi connectivity index (χ2n) is 6.66. The minimum atomic E-state index is -0.0188. The average molecular weight is 376 g/mol. The molecule has 2 nitrogen and oxygen atoms in total. The minimum absolute atomic E-state index is 0.00163. The van der Waals surface area contributed by atoms with E-state index in [0.717, 1.165) is 24.0 Å². The highest BCUT2D eigenvalue weighted by atomic mass is 35.5. The van der Waals surface area contributed by atoms with Crippen molar-refractivity contribution < 1.29 is 4.79 Å². The molecule has 0 spiro atoms. The fourth-order valence-electron chi connectivity index (χ4n) is 3.90. The van der Waals surface area contributed by atoms with Crippen molar-refractivity contribution in [1.29, 1.82) is 0 Å². The van der Waals surface area contributed by atoms with Crippen LogP contribution in [0.1, 0.15) is 49.9 Å². The predicted molar refractivity (Wildman–Crippen MR) is 104 cm³/mol. The van der Waals surface area contributed by atoms with E-state index >= 15 is 0 Å². The molecule has 0 amide bonds. The summed E-state index contributed by atoms with van der Waals surface area (Å²) in [6.07, 6.45) is 1.64. The summed E-state index contributed by atoms with van der Waals surface area (Å²) in [6.45, 7) is 4.17. The highest BCUT2D eigenvalue weighted by molar-refractivity contribution is 6.30. The van der Waals surface area contributed by atoms with E-state index in [1.807, 2.05) is 48.5 Å². The lowest BCUT2D eigenvalue weighted by atomic mass is 9.72. The molecule has 1 saturated heterocycles. The molecule has 1 aliphatic heterocycles. The first-order chi connectivity index (χ1) is 12.0. The first kappa shape index (κ1) is 18.4. The van der Waals surface area contributed by atoms with Crippen LogP contribution in [0.15, 0.2) is 48.5 Å². The van der Waals surface area contributed by atoms with E-state index in [-0.39, 0.29) is 23.9 Å². The molecule has 3 rings (SSSR count). The molecule has 1 fully saturated rings. The van der Waals surface area contributed by atoms with Crippen LogP contribution in [0.4, 0.5) is 0 Å². The van der Waals surface area contributed by atoms with Crippen molar-refractivity contribution in [2.24, 2.45) is 11.8 Å². The van der Waals surface area contributed by atoms with Crippen molar-refractivity contribution in [3.63, 3.8) is 0 Å². The van der Waals surface area contributed by atoms with Crippen LogP contribution in [-0.4, -0.2) is 5.78 Å². The second kappa shape index (κ2) is 7.90. The summed E-state index contributed by atoms with van der Waals surface area (Å²) in [5.41, 5.74) is 2.22. The van der Waals surface area contributed by atoms with Crippen LogP contribution in [0, 0.1) is 11.8 Å². The molecule has 0 bridgehead atoms. The Labute approximate surface area is 159 Å². The number of piperidine rings is 1. The van der Waals surface area contributed by atoms with Crippen molar-refractivity contribution in [2.45, 2.75) is 38.8 Å². The molecular weight excluding hydrogens is 353 g/mol. The smallest absolute Gasteiger partial charge is 0.142 e. The Morgan fingerprint density at radius 2 is 1.12 bits per heavy atom. The van der Waals surface area contributed by atoms with Gasteiger partial charge >= 0.3 is 0 Å². The molecule has 4 atom stereocenters. The van der Waals surface area contributed by atoms with Crippen molar-refractivity contribution in [2.75, 3.05) is 0 Å². The number of rotatable bonds is 4. The maximum atomic E-state index is 13.2. The number of carbonyl (C=O) groups is 1. The van der Waals surface area contributed by atoms with Gasteiger partial charge in [-0.1, -0.05) is 61.3 Å². The third-order valence-corrected chi connectivity index (χ3v) is 5.74. The van der Waals surface area contributed by atoms with Gasteiger partial charge in [-0.05, 0) is 48.2 Å². The van der Waals surface area contributed by atoms with Crippen molar-refractivity contribution in [1.82, 2.24) is 5.32 Å². The Balaban J connectivity index is 1.99. The summed E-state index contributed by atoms with van der Waals surface area (Å²) >= 11 is 12.1. The van der Waals surface area contributed by atoms with Gasteiger partial charge in [0, 0.05) is 34.0 Å². The highest BCUT2D eigenvalue weighted by Crippen LogP contribution is 2.41. The molecule has 1 aliphatic rings. The Morgan fingerprint density at radius 3 is 1.44 bits per heavy atom. The fraction of sp³-hybridized carbons (Fsp3) is 0.381. The molecule has 1 N–H and O–H groups in total. The van der Waals surface area contributed by atoms with Gasteiger partial charge in [-0.15, -0.1) is 0 Å². The zero-order valence-corrected chi connectivity index (χ0v) is 16.0. The van der Waals surface area contributed by atoms with Gasteiger partial charge in [0.05, 0.1) is 0 Å². The van der Waals surface area contributed by atoms with Gasteiger partial charge in [0.2, 0.25) is 0 Å². The van der Waals surface area contributed by atoms with E-state index in [2.05, 4.69) is 19.2 Å². The van der Waals surface area contributed by atoms with Gasteiger partial charge < -0.3 is 5.32 Å². The van der Waals surface area contributed by atoms with E-state index < -0.39 is 0 Å². The van der Waals surface area contributed by atoms with E-state index in [1.165, 1.54) is 0 Å². The molecule has 0 aliphatic carbocycles. The van der Waals surface area contributed by atoms with Crippen molar-refractivity contribution in [3.8, 4) is 0 Å². The number of carbonyl (C=O) groups excluding carboxylic acids is 1. The van der Waals surface area contributed by atoms with E-state index in [0.29, 0.717) is 15.8 Å². The molecule has 2 aromatic rings. The van der Waals surface area contributed by atoms with Crippen molar-refractivity contribution >= 4 is 29.0 Å². The summed E-state index contributed by atoms with van der Waals surface area (Å²) in [5, 5.41) is 5.17. The lowest BCUT2D eigenvalue weighted by Crippen LogP contribution is -2.48. The number of nitrogens with one attached hydrogen (secondary N) is 1. The molecule has 132 valence electrons. The lowest BCUT2D eigenvalue weighted by Gasteiger charge is -2.41. The van der Waals surface area contributed by atoms with E-state index in [4.69, 9.17) is 23.2 Å². The maximum absolute atomic E-state index is 13.2. The lowest BCUT2D eigenvalue weighted by molar-refractivity contribution is -0.132. The zero-order chi connectivity index (χ0) is 18.0. The third kappa shape index (κ3) is 3.76. The van der Waals surface area contributed by atoms with Crippen LogP contribution >= 0.6 is 23.2 Å². The Hall–Kier alpha value is -1.35. The topological polar surface area (TPSA) is 29.1 Å². The summed E-state index contributed by atoms with van der Waals surface area (Å²) < 4.78 is 0. The largest absolute Gasteiger partial charge is 0.302 e. The van der Waals surface area contributed by atoms with Crippen LogP contribution in [0.3, 0.4) is 0 Å². The van der Waals surface area contributed by atoms with E-state index in [1.54, 1.807) is 0 Å². The van der Waals surface area contributed by atoms with Gasteiger partial charge in [-0.3, -0.25) is 4.79 Å². The van der Waals surface area contributed by atoms with Crippen LogP contribution in [0.25, 0.3) is 0 Å². The number of Topliss-reactive ketones (excluding diaryl/α,β-unsaturated/α-hetero) is 1. The quantitative estimate of drug-likeness (QED) is 0.709. The van der Waals surface area contributed by atoms with Gasteiger partial charge in [-0.25, -0.2) is 0 Å². The molecule has 25 heavy (non-hydrogen) atoms. The summed E-state index contributed by atoms with van der Waals surface area (Å²) in [7, 11) is 0. The Morgan fingerprint density at radius 1 is 0.760 bits per heavy atom. The SMILES string of the molecule is CCC1C(=O)C(CC)C(c2ccc(Cl)cc2)NC1c1ccc(Cl)cc1. The third-order valence-electron chi connectivity index (χ3n) is 5.23. The van der Waals surface area contributed by atoms with Crippen LogP contribution in [0.2, 0.25) is 10.0 Å². The number of benzene rings is 2. The van der Waals surface area contributed by atoms with Crippen LogP contribution < -0.4 is 5.32 Å². The zero-order valence-electron chi connectivity index (χ0n) is 14.5. The Bertz CT molecular complexity index is 665. The van der Waals surface area contributed by atoms with Crippen LogP contribution in [-0.2, 0) is 4.79 Å². The molecule has 4 heteroatoms. The molecule has 4 unspecified atom stereocenters. The summed E-state index contributed by atoms with van der Waals surface area (Å²) in [6, 6.07) is 15.6. The van der Waals surface area contributed by atoms with E-state index in [9.17, 15) is 4.79 Å². The molecule has 1 heterocycles. The standard InChI is InChI=1S/C21H23Cl2NO/c1-3-17-19(13-5-9-15(22)10-6-13)24-20(18(4-2)21(17)25)14-7-11-16(23)12-8-14/h5-12,17-20,24H,3-4H2,1-2H3. The first-order valence-electron chi connectivity index (χ1n) is 8.85. The normalized spacial score (nSPS) is 26.6.